The number of hydrogen-bond acceptors (Lipinski definition) is 3. The van der Waals surface area contributed by atoms with Gasteiger partial charge in [-0.25, -0.2) is 0 Å². The van der Waals surface area contributed by atoms with Gasteiger partial charge >= 0.3 is 0 Å². The summed E-state index contributed by atoms with van der Waals surface area (Å²) in [6, 6.07) is 12.1. The van der Waals surface area contributed by atoms with Gasteiger partial charge in [-0.15, -0.1) is 24.0 Å². The van der Waals surface area contributed by atoms with Crippen LogP contribution >= 0.6 is 24.0 Å². The van der Waals surface area contributed by atoms with Crippen molar-refractivity contribution in [3.05, 3.63) is 53.1 Å². The summed E-state index contributed by atoms with van der Waals surface area (Å²) in [5, 5.41) is 3.14. The van der Waals surface area contributed by atoms with Gasteiger partial charge in [-0.1, -0.05) is 12.1 Å². The molecule has 6 heteroatoms. The van der Waals surface area contributed by atoms with Gasteiger partial charge in [-0.3, -0.25) is 4.99 Å². The Hall–Kier alpha value is -1.96. The minimum atomic E-state index is 0. The van der Waals surface area contributed by atoms with Gasteiger partial charge in [0.05, 0.1) is 13.2 Å². The van der Waals surface area contributed by atoms with E-state index in [1.54, 1.807) is 0 Å². The first-order chi connectivity index (χ1) is 12.5. The molecule has 0 aromatic heterocycles. The number of ether oxygens (including phenoxy) is 2. The Balaban J connectivity index is 0.00000364. The third-order valence-electron chi connectivity index (χ3n) is 4.07. The van der Waals surface area contributed by atoms with E-state index in [2.05, 4.69) is 36.3 Å². The summed E-state index contributed by atoms with van der Waals surface area (Å²) in [4.78, 5) is 4.41. The van der Waals surface area contributed by atoms with Gasteiger partial charge in [-0.05, 0) is 75.1 Å². The number of guanidine groups is 1. The van der Waals surface area contributed by atoms with E-state index in [-0.39, 0.29) is 24.0 Å². The average Bonchev–Trinajstić information content (AvgIpc) is 2.61. The first kappa shape index (κ1) is 23.1. The lowest BCUT2D eigenvalue weighted by Gasteiger charge is -2.12. The van der Waals surface area contributed by atoms with Crippen LogP contribution in [0.25, 0.3) is 0 Å². The predicted molar refractivity (Wildman–Crippen MR) is 124 cm³/mol. The zero-order valence-corrected chi connectivity index (χ0v) is 18.9. The van der Waals surface area contributed by atoms with E-state index in [1.165, 1.54) is 11.1 Å². The Kier molecular flexibility index (Phi) is 9.99. The van der Waals surface area contributed by atoms with Crippen molar-refractivity contribution in [2.24, 2.45) is 10.7 Å². The maximum Gasteiger partial charge on any atom is 0.193 e. The summed E-state index contributed by atoms with van der Waals surface area (Å²) in [5.41, 5.74) is 10.6. The number of rotatable bonds is 8. The minimum absolute atomic E-state index is 0. The largest absolute Gasteiger partial charge is 0.490 e. The normalized spacial score (nSPS) is 10.9. The lowest BCUT2D eigenvalue weighted by atomic mass is 10.1. The highest BCUT2D eigenvalue weighted by molar-refractivity contribution is 14.0. The number of hydrogen-bond donors (Lipinski definition) is 2. The second-order valence-corrected chi connectivity index (χ2v) is 6.09. The van der Waals surface area contributed by atoms with Crippen molar-refractivity contribution in [1.29, 1.82) is 0 Å². The van der Waals surface area contributed by atoms with Crippen molar-refractivity contribution in [3.8, 4) is 11.5 Å². The highest BCUT2D eigenvalue weighted by Gasteiger charge is 2.06. The smallest absolute Gasteiger partial charge is 0.193 e. The maximum absolute atomic E-state index is 5.99. The van der Waals surface area contributed by atoms with Crippen LogP contribution < -0.4 is 20.5 Å². The molecule has 0 unspecified atom stereocenters. The molecule has 0 atom stereocenters. The summed E-state index contributed by atoms with van der Waals surface area (Å²) in [6.07, 6.45) is 0.780. The SMILES string of the molecule is CCOc1ccc(CCN=C(N)Nc2ccc(C)c(C)c2)cc1OCC.I. The molecule has 0 spiro atoms. The summed E-state index contributed by atoms with van der Waals surface area (Å²) in [7, 11) is 0. The molecule has 0 amide bonds. The number of nitrogens with one attached hydrogen (secondary N) is 1. The number of halogens is 1. The number of nitrogens with zero attached hydrogens (tertiary/aromatic N) is 1. The summed E-state index contributed by atoms with van der Waals surface area (Å²) < 4.78 is 11.2. The molecule has 0 saturated heterocycles. The number of aryl methyl sites for hydroxylation is 2. The Morgan fingerprint density at radius 2 is 1.67 bits per heavy atom. The van der Waals surface area contributed by atoms with Gasteiger partial charge in [-0.2, -0.15) is 0 Å². The Bertz CT molecular complexity index is 763. The monoisotopic (exact) mass is 483 g/mol. The molecular formula is C21H30IN3O2. The van der Waals surface area contributed by atoms with Gasteiger partial charge in [0, 0.05) is 12.2 Å². The highest BCUT2D eigenvalue weighted by Crippen LogP contribution is 2.28. The molecule has 0 saturated carbocycles. The zero-order valence-electron chi connectivity index (χ0n) is 16.5. The molecule has 5 nitrogen and oxygen atoms in total. The van der Waals surface area contributed by atoms with Crippen LogP contribution in [0.2, 0.25) is 0 Å². The molecule has 0 aliphatic rings. The van der Waals surface area contributed by atoms with Gasteiger partial charge in [0.2, 0.25) is 0 Å². The summed E-state index contributed by atoms with van der Waals surface area (Å²) in [6.45, 7) is 9.91. The van der Waals surface area contributed by atoms with E-state index in [0.717, 1.165) is 29.2 Å². The Labute approximate surface area is 179 Å². The molecule has 0 radical (unpaired) electrons. The van der Waals surface area contributed by atoms with Crippen molar-refractivity contribution >= 4 is 35.6 Å². The molecule has 0 aliphatic heterocycles. The number of anilines is 1. The summed E-state index contributed by atoms with van der Waals surface area (Å²) in [5.74, 6) is 1.97. The molecule has 2 aromatic rings. The third kappa shape index (κ3) is 7.28. The second kappa shape index (κ2) is 11.7. The van der Waals surface area contributed by atoms with Crippen molar-refractivity contribution in [2.75, 3.05) is 25.1 Å². The van der Waals surface area contributed by atoms with E-state index in [0.29, 0.717) is 25.7 Å². The van der Waals surface area contributed by atoms with Crippen LogP contribution in [0.4, 0.5) is 5.69 Å². The lowest BCUT2D eigenvalue weighted by Crippen LogP contribution is -2.23. The molecule has 0 bridgehead atoms. The first-order valence-corrected chi connectivity index (χ1v) is 9.06. The number of benzene rings is 2. The van der Waals surface area contributed by atoms with Crippen molar-refractivity contribution < 1.29 is 9.47 Å². The van der Waals surface area contributed by atoms with Gasteiger partial charge in [0.15, 0.2) is 17.5 Å². The standard InChI is InChI=1S/C21H29N3O2.HI/c1-5-25-19-10-8-17(14-20(19)26-6-2)11-12-23-21(22)24-18-9-7-15(3)16(4)13-18;/h7-10,13-14H,5-6,11-12H2,1-4H3,(H3,22,23,24);1H. The van der Waals surface area contributed by atoms with Gasteiger partial charge < -0.3 is 20.5 Å². The van der Waals surface area contributed by atoms with Gasteiger partial charge in [0.25, 0.3) is 0 Å². The molecule has 148 valence electrons. The van der Waals surface area contributed by atoms with Crippen LogP contribution in [-0.2, 0) is 6.42 Å². The van der Waals surface area contributed by atoms with Crippen LogP contribution in [0.5, 0.6) is 11.5 Å². The Morgan fingerprint density at radius 3 is 2.33 bits per heavy atom. The zero-order chi connectivity index (χ0) is 18.9. The number of aliphatic imine (C=N–C) groups is 1. The quantitative estimate of drug-likeness (QED) is 0.325. The maximum atomic E-state index is 5.99. The topological polar surface area (TPSA) is 68.9 Å². The molecule has 0 fully saturated rings. The third-order valence-corrected chi connectivity index (χ3v) is 4.07. The van der Waals surface area contributed by atoms with E-state index in [9.17, 15) is 0 Å². The van der Waals surface area contributed by atoms with E-state index >= 15 is 0 Å². The van der Waals surface area contributed by atoms with Crippen LogP contribution in [0.3, 0.4) is 0 Å². The fourth-order valence-corrected chi connectivity index (χ4v) is 2.56. The molecule has 2 rings (SSSR count). The van der Waals surface area contributed by atoms with Crippen molar-refractivity contribution in [1.82, 2.24) is 0 Å². The molecular weight excluding hydrogens is 453 g/mol. The molecule has 0 aliphatic carbocycles. The average molecular weight is 483 g/mol. The van der Waals surface area contributed by atoms with Crippen LogP contribution in [0.1, 0.15) is 30.5 Å². The summed E-state index contributed by atoms with van der Waals surface area (Å²) >= 11 is 0. The fraction of sp³-hybridized carbons (Fsp3) is 0.381. The molecule has 2 aromatic carbocycles. The number of nitrogens with two attached hydrogens (primary N) is 1. The molecule has 27 heavy (non-hydrogen) atoms. The predicted octanol–water partition coefficient (Wildman–Crippen LogP) is 4.69. The lowest BCUT2D eigenvalue weighted by molar-refractivity contribution is 0.287. The fourth-order valence-electron chi connectivity index (χ4n) is 2.56. The van der Waals surface area contributed by atoms with Crippen LogP contribution in [-0.4, -0.2) is 25.7 Å². The first-order valence-electron chi connectivity index (χ1n) is 9.06. The van der Waals surface area contributed by atoms with Gasteiger partial charge in [0.1, 0.15) is 0 Å². The van der Waals surface area contributed by atoms with Crippen LogP contribution in [0.15, 0.2) is 41.4 Å². The highest BCUT2D eigenvalue weighted by atomic mass is 127. The van der Waals surface area contributed by atoms with Crippen molar-refractivity contribution in [3.63, 3.8) is 0 Å². The molecule has 0 heterocycles. The Morgan fingerprint density at radius 1 is 0.963 bits per heavy atom. The minimum Gasteiger partial charge on any atom is -0.490 e. The van der Waals surface area contributed by atoms with E-state index in [1.807, 2.05) is 38.1 Å². The van der Waals surface area contributed by atoms with E-state index in [4.69, 9.17) is 15.2 Å². The van der Waals surface area contributed by atoms with E-state index < -0.39 is 0 Å². The second-order valence-electron chi connectivity index (χ2n) is 6.09. The molecule has 3 N–H and O–H groups in total. The van der Waals surface area contributed by atoms with Crippen molar-refractivity contribution in [2.45, 2.75) is 34.1 Å². The van der Waals surface area contributed by atoms with Crippen LogP contribution in [0, 0.1) is 13.8 Å².